The predicted octanol–water partition coefficient (Wildman–Crippen LogP) is 2.65. The number of rotatable bonds is 7. The molecule has 0 aromatic heterocycles. The Labute approximate surface area is 128 Å². The van der Waals surface area contributed by atoms with Gasteiger partial charge in [-0.15, -0.1) is 0 Å². The summed E-state index contributed by atoms with van der Waals surface area (Å²) in [6, 6.07) is 6.24. The third-order valence-corrected chi connectivity index (χ3v) is 3.75. The molecule has 1 aliphatic rings. The van der Waals surface area contributed by atoms with Gasteiger partial charge in [-0.1, -0.05) is 18.2 Å². The summed E-state index contributed by atoms with van der Waals surface area (Å²) in [7, 11) is 1.81. The van der Waals surface area contributed by atoms with Crippen LogP contribution in [-0.2, 0) is 0 Å². The Balaban J connectivity index is 1.62. The molecule has 0 bridgehead atoms. The van der Waals surface area contributed by atoms with Gasteiger partial charge in [0.25, 0.3) is 0 Å². The number of hydrogen-bond donors (Lipinski definition) is 2. The van der Waals surface area contributed by atoms with Gasteiger partial charge in [-0.2, -0.15) is 0 Å². The smallest absolute Gasteiger partial charge is 0.190 e. The Bertz CT molecular complexity index is 461. The lowest BCUT2D eigenvalue weighted by Crippen LogP contribution is -2.39. The summed E-state index contributed by atoms with van der Waals surface area (Å²) < 4.78 is 5.89. The number of aryl methyl sites for hydroxylation is 2. The third kappa shape index (κ3) is 5.29. The second-order valence-corrected chi connectivity index (χ2v) is 5.75. The number of ether oxygens (including phenoxy) is 1. The van der Waals surface area contributed by atoms with Gasteiger partial charge in [0.1, 0.15) is 5.75 Å². The Morgan fingerprint density at radius 2 is 1.95 bits per heavy atom. The molecule has 21 heavy (non-hydrogen) atoms. The zero-order chi connectivity index (χ0) is 15.1. The van der Waals surface area contributed by atoms with Crippen molar-refractivity contribution in [2.75, 3.05) is 26.7 Å². The van der Waals surface area contributed by atoms with Crippen LogP contribution in [0, 0.1) is 19.8 Å². The average Bonchev–Trinajstić information content (AvgIpc) is 3.28. The zero-order valence-corrected chi connectivity index (χ0v) is 13.4. The first-order valence-corrected chi connectivity index (χ1v) is 7.84. The molecule has 0 spiro atoms. The predicted molar refractivity (Wildman–Crippen MR) is 88.1 cm³/mol. The lowest BCUT2D eigenvalue weighted by atomic mass is 10.1. The van der Waals surface area contributed by atoms with E-state index in [0.717, 1.165) is 43.7 Å². The van der Waals surface area contributed by atoms with Gasteiger partial charge in [0.2, 0.25) is 0 Å². The second-order valence-electron chi connectivity index (χ2n) is 5.75. The molecular weight excluding hydrogens is 262 g/mol. The maximum Gasteiger partial charge on any atom is 0.190 e. The number of nitrogens with zero attached hydrogens (tertiary/aromatic N) is 1. The minimum Gasteiger partial charge on any atom is -0.493 e. The van der Waals surface area contributed by atoms with E-state index >= 15 is 0 Å². The fourth-order valence-electron chi connectivity index (χ4n) is 2.26. The molecule has 0 amide bonds. The molecule has 4 nitrogen and oxygen atoms in total. The van der Waals surface area contributed by atoms with E-state index in [-0.39, 0.29) is 0 Å². The Morgan fingerprint density at radius 1 is 1.24 bits per heavy atom. The highest BCUT2D eigenvalue weighted by Gasteiger charge is 2.20. The number of para-hydroxylation sites is 1. The van der Waals surface area contributed by atoms with E-state index in [1.807, 2.05) is 7.05 Å². The van der Waals surface area contributed by atoms with Crippen molar-refractivity contribution in [3.05, 3.63) is 29.3 Å². The zero-order valence-electron chi connectivity index (χ0n) is 13.4. The van der Waals surface area contributed by atoms with Crippen molar-refractivity contribution < 1.29 is 4.74 Å². The molecule has 116 valence electrons. The molecule has 1 aromatic rings. The van der Waals surface area contributed by atoms with Crippen LogP contribution in [0.5, 0.6) is 5.75 Å². The summed E-state index contributed by atoms with van der Waals surface area (Å²) in [6.07, 6.45) is 3.67. The maximum absolute atomic E-state index is 5.89. The van der Waals surface area contributed by atoms with Gasteiger partial charge < -0.3 is 15.4 Å². The van der Waals surface area contributed by atoms with Crippen LogP contribution < -0.4 is 15.4 Å². The fraction of sp³-hybridized carbons (Fsp3) is 0.588. The normalized spacial score (nSPS) is 14.9. The lowest BCUT2D eigenvalue weighted by Gasteiger charge is -2.13. The summed E-state index contributed by atoms with van der Waals surface area (Å²) in [4.78, 5) is 4.23. The van der Waals surface area contributed by atoms with E-state index in [0.29, 0.717) is 0 Å². The molecule has 0 unspecified atom stereocenters. The molecule has 0 heterocycles. The second kappa shape index (κ2) is 7.91. The van der Waals surface area contributed by atoms with Gasteiger partial charge in [-0.3, -0.25) is 4.99 Å². The van der Waals surface area contributed by atoms with E-state index in [9.17, 15) is 0 Å². The van der Waals surface area contributed by atoms with Crippen molar-refractivity contribution in [2.45, 2.75) is 33.1 Å². The number of aliphatic imine (C=N–C) groups is 1. The van der Waals surface area contributed by atoms with Crippen LogP contribution in [0.15, 0.2) is 23.2 Å². The van der Waals surface area contributed by atoms with Crippen LogP contribution in [0.3, 0.4) is 0 Å². The SMILES string of the molecule is CN=C(NCCCOc1c(C)cccc1C)NCC1CC1. The number of guanidine groups is 1. The summed E-state index contributed by atoms with van der Waals surface area (Å²) in [5.74, 6) is 2.78. The van der Waals surface area contributed by atoms with Gasteiger partial charge in [0, 0.05) is 20.1 Å². The first kappa shape index (κ1) is 15.7. The molecule has 1 saturated carbocycles. The molecule has 0 radical (unpaired) electrons. The number of benzene rings is 1. The largest absolute Gasteiger partial charge is 0.493 e. The van der Waals surface area contributed by atoms with Crippen LogP contribution in [0.4, 0.5) is 0 Å². The minimum absolute atomic E-state index is 0.721. The number of hydrogen-bond acceptors (Lipinski definition) is 2. The highest BCUT2D eigenvalue weighted by Crippen LogP contribution is 2.27. The van der Waals surface area contributed by atoms with E-state index in [1.165, 1.54) is 24.0 Å². The minimum atomic E-state index is 0.721. The summed E-state index contributed by atoms with van der Waals surface area (Å²) in [6.45, 7) is 6.81. The van der Waals surface area contributed by atoms with Crippen molar-refractivity contribution in [2.24, 2.45) is 10.9 Å². The van der Waals surface area contributed by atoms with E-state index in [2.05, 4.69) is 47.7 Å². The monoisotopic (exact) mass is 289 g/mol. The van der Waals surface area contributed by atoms with Gasteiger partial charge in [-0.25, -0.2) is 0 Å². The Kier molecular flexibility index (Phi) is 5.90. The van der Waals surface area contributed by atoms with Gasteiger partial charge in [0.15, 0.2) is 5.96 Å². The molecule has 2 N–H and O–H groups in total. The third-order valence-electron chi connectivity index (χ3n) is 3.75. The molecule has 4 heteroatoms. The summed E-state index contributed by atoms with van der Waals surface area (Å²) in [5.41, 5.74) is 2.40. The van der Waals surface area contributed by atoms with E-state index in [4.69, 9.17) is 4.74 Å². The number of nitrogens with one attached hydrogen (secondary N) is 2. The fourth-order valence-corrected chi connectivity index (χ4v) is 2.26. The lowest BCUT2D eigenvalue weighted by molar-refractivity contribution is 0.307. The van der Waals surface area contributed by atoms with Crippen molar-refractivity contribution in [1.82, 2.24) is 10.6 Å². The standard InChI is InChI=1S/C17H27N3O/c1-13-6-4-7-14(2)16(13)21-11-5-10-19-17(18-3)20-12-15-8-9-15/h4,6-7,15H,5,8-12H2,1-3H3,(H2,18,19,20). The van der Waals surface area contributed by atoms with Crippen molar-refractivity contribution >= 4 is 5.96 Å². The van der Waals surface area contributed by atoms with Crippen LogP contribution >= 0.6 is 0 Å². The average molecular weight is 289 g/mol. The molecule has 2 rings (SSSR count). The Hall–Kier alpha value is -1.71. The quantitative estimate of drug-likeness (QED) is 0.461. The maximum atomic E-state index is 5.89. The van der Waals surface area contributed by atoms with Gasteiger partial charge in [0.05, 0.1) is 6.61 Å². The van der Waals surface area contributed by atoms with Crippen molar-refractivity contribution in [1.29, 1.82) is 0 Å². The molecule has 0 aliphatic heterocycles. The topological polar surface area (TPSA) is 45.7 Å². The van der Waals surface area contributed by atoms with Crippen molar-refractivity contribution in [3.8, 4) is 5.75 Å². The Morgan fingerprint density at radius 3 is 2.57 bits per heavy atom. The highest BCUT2D eigenvalue weighted by atomic mass is 16.5. The van der Waals surface area contributed by atoms with E-state index in [1.54, 1.807) is 0 Å². The first-order valence-electron chi connectivity index (χ1n) is 7.84. The summed E-state index contributed by atoms with van der Waals surface area (Å²) >= 11 is 0. The highest BCUT2D eigenvalue weighted by molar-refractivity contribution is 5.79. The molecule has 0 saturated heterocycles. The molecule has 1 fully saturated rings. The van der Waals surface area contributed by atoms with E-state index < -0.39 is 0 Å². The van der Waals surface area contributed by atoms with Crippen molar-refractivity contribution in [3.63, 3.8) is 0 Å². The van der Waals surface area contributed by atoms with Crippen LogP contribution in [0.2, 0.25) is 0 Å². The van der Waals surface area contributed by atoms with Crippen LogP contribution in [-0.4, -0.2) is 32.7 Å². The van der Waals surface area contributed by atoms with Gasteiger partial charge >= 0.3 is 0 Å². The summed E-state index contributed by atoms with van der Waals surface area (Å²) in [5, 5.41) is 6.68. The van der Waals surface area contributed by atoms with Crippen LogP contribution in [0.1, 0.15) is 30.4 Å². The first-order chi connectivity index (χ1) is 10.2. The molecular formula is C17H27N3O. The van der Waals surface area contributed by atoms with Gasteiger partial charge in [-0.05, 0) is 50.2 Å². The molecule has 0 atom stereocenters. The molecule has 1 aliphatic carbocycles. The van der Waals surface area contributed by atoms with Crippen LogP contribution in [0.25, 0.3) is 0 Å². The molecule has 1 aromatic carbocycles.